The van der Waals surface area contributed by atoms with Crippen molar-refractivity contribution in [1.82, 2.24) is 15.4 Å². The van der Waals surface area contributed by atoms with E-state index in [0.717, 1.165) is 19.6 Å². The fourth-order valence-electron chi connectivity index (χ4n) is 3.92. The molecule has 2 aromatic rings. The molecule has 0 radical (unpaired) electrons. The van der Waals surface area contributed by atoms with Crippen molar-refractivity contribution in [2.45, 2.75) is 27.2 Å². The maximum absolute atomic E-state index is 12.8. The molecule has 1 fully saturated rings. The lowest BCUT2D eigenvalue weighted by Gasteiger charge is -2.34. The summed E-state index contributed by atoms with van der Waals surface area (Å²) in [6, 6.07) is 5.18. The van der Waals surface area contributed by atoms with Gasteiger partial charge in [0.1, 0.15) is 17.0 Å². The zero-order chi connectivity index (χ0) is 19.6. The number of rotatable bonds is 5. The number of halogens is 2. The fourth-order valence-corrected chi connectivity index (χ4v) is 4.50. The van der Waals surface area contributed by atoms with Gasteiger partial charge >= 0.3 is 0 Å². The number of likely N-dealkylation sites (tertiary alicyclic amines) is 1. The molecule has 0 saturated carbocycles. The van der Waals surface area contributed by atoms with E-state index in [1.54, 1.807) is 25.1 Å². The number of benzene rings is 1. The van der Waals surface area contributed by atoms with Crippen molar-refractivity contribution in [1.29, 1.82) is 0 Å². The van der Waals surface area contributed by atoms with Crippen LogP contribution in [0.25, 0.3) is 11.3 Å². The van der Waals surface area contributed by atoms with E-state index in [4.69, 9.17) is 27.7 Å². The van der Waals surface area contributed by atoms with Gasteiger partial charge in [0.25, 0.3) is 5.91 Å². The molecular formula is C20H25Cl2N3O2. The van der Waals surface area contributed by atoms with Crippen LogP contribution in [0.4, 0.5) is 0 Å². The summed E-state index contributed by atoms with van der Waals surface area (Å²) in [5.74, 6) is 1.61. The van der Waals surface area contributed by atoms with E-state index in [1.807, 2.05) is 0 Å². The Morgan fingerprint density at radius 3 is 2.52 bits per heavy atom. The molecule has 1 N–H and O–H groups in total. The van der Waals surface area contributed by atoms with E-state index >= 15 is 0 Å². The van der Waals surface area contributed by atoms with Crippen molar-refractivity contribution in [2.75, 3.05) is 26.2 Å². The van der Waals surface area contributed by atoms with Gasteiger partial charge in [0.15, 0.2) is 0 Å². The molecule has 5 nitrogen and oxygen atoms in total. The maximum atomic E-state index is 12.8. The van der Waals surface area contributed by atoms with Gasteiger partial charge in [-0.15, -0.1) is 0 Å². The lowest BCUT2D eigenvalue weighted by molar-refractivity contribution is 0.0935. The molecular weight excluding hydrogens is 385 g/mol. The first-order valence-corrected chi connectivity index (χ1v) is 10.0. The van der Waals surface area contributed by atoms with Crippen LogP contribution in [-0.2, 0) is 0 Å². The highest BCUT2D eigenvalue weighted by molar-refractivity contribution is 6.39. The van der Waals surface area contributed by atoms with Crippen molar-refractivity contribution in [3.05, 3.63) is 39.6 Å². The first-order valence-electron chi connectivity index (χ1n) is 9.28. The average molecular weight is 410 g/mol. The number of hydrogen-bond donors (Lipinski definition) is 1. The zero-order valence-electron chi connectivity index (χ0n) is 15.9. The number of nitrogens with zero attached hydrogens (tertiary/aromatic N) is 2. The molecule has 27 heavy (non-hydrogen) atoms. The standard InChI is InChI=1S/C20H25Cl2N3O2/c1-12-9-13(2)11-25(10-12)8-7-23-20(26)17-14(3)27-24-19(17)18-15(21)5-4-6-16(18)22/h4-6,12-13H,7-11H2,1-3H3,(H,23,26). The first-order chi connectivity index (χ1) is 12.9. The van der Waals surface area contributed by atoms with Crippen LogP contribution in [0.3, 0.4) is 0 Å². The first kappa shape index (κ1) is 20.2. The second-order valence-corrected chi connectivity index (χ2v) is 8.33. The number of hydrogen-bond acceptors (Lipinski definition) is 4. The summed E-state index contributed by atoms with van der Waals surface area (Å²) < 4.78 is 5.27. The van der Waals surface area contributed by atoms with E-state index < -0.39 is 0 Å². The van der Waals surface area contributed by atoms with Gasteiger partial charge in [-0.2, -0.15) is 0 Å². The van der Waals surface area contributed by atoms with E-state index in [2.05, 4.69) is 29.2 Å². The van der Waals surface area contributed by atoms with E-state index in [-0.39, 0.29) is 5.91 Å². The highest BCUT2D eigenvalue weighted by Gasteiger charge is 2.25. The van der Waals surface area contributed by atoms with Gasteiger partial charge in [-0.3, -0.25) is 4.79 Å². The number of aryl methyl sites for hydroxylation is 1. The predicted octanol–water partition coefficient (Wildman–Crippen LogP) is 4.66. The third-order valence-corrected chi connectivity index (χ3v) is 5.58. The molecule has 3 rings (SSSR count). The fraction of sp³-hybridized carbons (Fsp3) is 0.500. The number of nitrogens with one attached hydrogen (secondary N) is 1. The number of amides is 1. The Hall–Kier alpha value is -1.56. The highest BCUT2D eigenvalue weighted by Crippen LogP contribution is 2.36. The van der Waals surface area contributed by atoms with Gasteiger partial charge < -0.3 is 14.7 Å². The van der Waals surface area contributed by atoms with Gasteiger partial charge in [0, 0.05) is 31.7 Å². The maximum Gasteiger partial charge on any atom is 0.257 e. The van der Waals surface area contributed by atoms with Crippen LogP contribution in [0.5, 0.6) is 0 Å². The molecule has 7 heteroatoms. The van der Waals surface area contributed by atoms with Gasteiger partial charge in [0.2, 0.25) is 0 Å². The number of carbonyl (C=O) groups excluding carboxylic acids is 1. The third-order valence-electron chi connectivity index (χ3n) is 4.95. The van der Waals surface area contributed by atoms with Crippen LogP contribution in [0, 0.1) is 18.8 Å². The summed E-state index contributed by atoms with van der Waals surface area (Å²) in [7, 11) is 0. The lowest BCUT2D eigenvalue weighted by atomic mass is 9.92. The number of aromatic nitrogens is 1. The normalized spacial score (nSPS) is 20.6. The Bertz CT molecular complexity index is 791. The second-order valence-electron chi connectivity index (χ2n) is 7.52. The minimum atomic E-state index is -0.224. The van der Waals surface area contributed by atoms with Gasteiger partial charge in [-0.25, -0.2) is 0 Å². The molecule has 2 atom stereocenters. The molecule has 1 aromatic heterocycles. The molecule has 2 heterocycles. The van der Waals surface area contributed by atoms with E-state index in [0.29, 0.717) is 51.0 Å². The highest BCUT2D eigenvalue weighted by atomic mass is 35.5. The smallest absolute Gasteiger partial charge is 0.257 e. The van der Waals surface area contributed by atoms with Crippen molar-refractivity contribution < 1.29 is 9.32 Å². The summed E-state index contributed by atoms with van der Waals surface area (Å²) >= 11 is 12.6. The summed E-state index contributed by atoms with van der Waals surface area (Å²) in [6.45, 7) is 9.82. The minimum absolute atomic E-state index is 0.224. The van der Waals surface area contributed by atoms with Crippen molar-refractivity contribution in [2.24, 2.45) is 11.8 Å². The Morgan fingerprint density at radius 2 is 1.89 bits per heavy atom. The Morgan fingerprint density at radius 1 is 1.26 bits per heavy atom. The largest absolute Gasteiger partial charge is 0.360 e. The average Bonchev–Trinajstić information content (AvgIpc) is 2.95. The summed E-state index contributed by atoms with van der Waals surface area (Å²) in [6.07, 6.45) is 1.27. The SMILES string of the molecule is Cc1onc(-c2c(Cl)cccc2Cl)c1C(=O)NCCN1CC(C)CC(C)C1. The molecule has 1 aliphatic heterocycles. The van der Waals surface area contributed by atoms with Crippen LogP contribution in [0.1, 0.15) is 36.4 Å². The monoisotopic (exact) mass is 409 g/mol. The second kappa shape index (κ2) is 8.63. The molecule has 0 bridgehead atoms. The minimum Gasteiger partial charge on any atom is -0.360 e. The number of carbonyl (C=O) groups is 1. The summed E-state index contributed by atoms with van der Waals surface area (Å²) in [5.41, 5.74) is 1.27. The van der Waals surface area contributed by atoms with Gasteiger partial charge in [0.05, 0.1) is 10.0 Å². The van der Waals surface area contributed by atoms with Gasteiger partial charge in [-0.05, 0) is 37.3 Å². The Balaban J connectivity index is 1.70. The molecule has 146 valence electrons. The molecule has 1 aliphatic rings. The van der Waals surface area contributed by atoms with Crippen molar-refractivity contribution in [3.63, 3.8) is 0 Å². The Labute approximate surface area is 170 Å². The van der Waals surface area contributed by atoms with Crippen LogP contribution in [0.2, 0.25) is 10.0 Å². The van der Waals surface area contributed by atoms with Crippen LogP contribution < -0.4 is 5.32 Å². The van der Waals surface area contributed by atoms with Crippen molar-refractivity contribution in [3.8, 4) is 11.3 Å². The molecule has 1 amide bonds. The van der Waals surface area contributed by atoms with E-state index in [1.165, 1.54) is 6.42 Å². The van der Waals surface area contributed by atoms with Crippen molar-refractivity contribution >= 4 is 29.1 Å². The quantitative estimate of drug-likeness (QED) is 0.779. The number of piperidine rings is 1. The lowest BCUT2D eigenvalue weighted by Crippen LogP contribution is -2.42. The molecule has 1 saturated heterocycles. The van der Waals surface area contributed by atoms with E-state index in [9.17, 15) is 4.79 Å². The summed E-state index contributed by atoms with van der Waals surface area (Å²) in [5, 5.41) is 7.88. The molecule has 0 spiro atoms. The van der Waals surface area contributed by atoms with Gasteiger partial charge in [-0.1, -0.05) is 48.3 Å². The topological polar surface area (TPSA) is 58.4 Å². The molecule has 1 aromatic carbocycles. The third kappa shape index (κ3) is 4.65. The molecule has 0 aliphatic carbocycles. The zero-order valence-corrected chi connectivity index (χ0v) is 17.4. The predicted molar refractivity (Wildman–Crippen MR) is 108 cm³/mol. The van der Waals surface area contributed by atoms with Crippen LogP contribution in [-0.4, -0.2) is 42.1 Å². The molecule has 2 unspecified atom stereocenters. The van der Waals surface area contributed by atoms with Crippen LogP contribution in [0.15, 0.2) is 22.7 Å². The Kier molecular flexibility index (Phi) is 6.45. The summed E-state index contributed by atoms with van der Waals surface area (Å²) in [4.78, 5) is 15.2. The van der Waals surface area contributed by atoms with Crippen LogP contribution >= 0.6 is 23.2 Å².